The van der Waals surface area contributed by atoms with E-state index in [1.54, 1.807) is 0 Å². The Morgan fingerprint density at radius 3 is 2.88 bits per heavy atom. The molecule has 0 saturated heterocycles. The van der Waals surface area contributed by atoms with Crippen LogP contribution < -0.4 is 10.9 Å². The molecule has 0 bridgehead atoms. The van der Waals surface area contributed by atoms with E-state index in [0.29, 0.717) is 11.8 Å². The van der Waals surface area contributed by atoms with Crippen LogP contribution in [0.15, 0.2) is 35.4 Å². The van der Waals surface area contributed by atoms with Crippen molar-refractivity contribution < 1.29 is 4.79 Å². The standard InChI is InChI=1S/C18H17N3O2S/c1-10-11(2)24-17-15(10)18(23)21(9-19-17)14-8-7-12-5-3-4-6-13(12)20-16(14)22/h3-6,9,14H,7-8H2,1-2H3,(H,20,22)/t14-/m1/s1. The molecule has 1 N–H and O–H groups in total. The van der Waals surface area contributed by atoms with Crippen molar-refractivity contribution in [3.63, 3.8) is 0 Å². The zero-order valence-corrected chi connectivity index (χ0v) is 14.3. The van der Waals surface area contributed by atoms with Crippen molar-refractivity contribution in [2.45, 2.75) is 32.7 Å². The number of nitrogens with one attached hydrogen (secondary N) is 1. The second-order valence-electron chi connectivity index (χ2n) is 6.12. The zero-order valence-electron chi connectivity index (χ0n) is 13.5. The van der Waals surface area contributed by atoms with Crippen molar-refractivity contribution >= 4 is 33.1 Å². The van der Waals surface area contributed by atoms with Crippen molar-refractivity contribution in [1.82, 2.24) is 9.55 Å². The fourth-order valence-electron chi connectivity index (χ4n) is 3.23. The fourth-order valence-corrected chi connectivity index (χ4v) is 4.22. The van der Waals surface area contributed by atoms with E-state index in [2.05, 4.69) is 10.3 Å². The van der Waals surface area contributed by atoms with Gasteiger partial charge in [0.15, 0.2) is 0 Å². The molecule has 24 heavy (non-hydrogen) atoms. The summed E-state index contributed by atoms with van der Waals surface area (Å²) in [5, 5.41) is 3.58. The highest BCUT2D eigenvalue weighted by Crippen LogP contribution is 2.28. The fraction of sp³-hybridized carbons (Fsp3) is 0.278. The van der Waals surface area contributed by atoms with Crippen molar-refractivity contribution in [2.75, 3.05) is 5.32 Å². The molecule has 1 amide bonds. The highest BCUT2D eigenvalue weighted by Gasteiger charge is 2.27. The van der Waals surface area contributed by atoms with Crippen LogP contribution >= 0.6 is 11.3 Å². The predicted molar refractivity (Wildman–Crippen MR) is 95.8 cm³/mol. The predicted octanol–water partition coefficient (Wildman–Crippen LogP) is 3.20. The Balaban J connectivity index is 1.81. The Hall–Kier alpha value is -2.47. The third kappa shape index (κ3) is 2.26. The van der Waals surface area contributed by atoms with E-state index in [1.165, 1.54) is 22.2 Å². The molecule has 0 unspecified atom stereocenters. The van der Waals surface area contributed by atoms with E-state index in [0.717, 1.165) is 32.9 Å². The van der Waals surface area contributed by atoms with Crippen molar-refractivity contribution in [2.24, 2.45) is 0 Å². The smallest absolute Gasteiger partial charge is 0.263 e. The number of aromatic nitrogens is 2. The van der Waals surface area contributed by atoms with E-state index in [4.69, 9.17) is 0 Å². The van der Waals surface area contributed by atoms with E-state index in [9.17, 15) is 9.59 Å². The van der Waals surface area contributed by atoms with Crippen molar-refractivity contribution in [3.8, 4) is 0 Å². The highest BCUT2D eigenvalue weighted by molar-refractivity contribution is 7.18. The normalized spacial score (nSPS) is 17.4. The molecular formula is C18H17N3O2S. The molecule has 0 aliphatic carbocycles. The number of benzene rings is 1. The number of nitrogens with zero attached hydrogens (tertiary/aromatic N) is 2. The van der Waals surface area contributed by atoms with Gasteiger partial charge < -0.3 is 5.32 Å². The lowest BCUT2D eigenvalue weighted by Gasteiger charge is -2.16. The van der Waals surface area contributed by atoms with Crippen LogP contribution in [0, 0.1) is 13.8 Å². The first-order valence-corrected chi connectivity index (χ1v) is 8.73. The molecule has 1 atom stereocenters. The molecule has 3 heterocycles. The first kappa shape index (κ1) is 15.1. The molecule has 5 nitrogen and oxygen atoms in total. The lowest BCUT2D eigenvalue weighted by Crippen LogP contribution is -2.32. The number of para-hydroxylation sites is 1. The summed E-state index contributed by atoms with van der Waals surface area (Å²) in [6.07, 6.45) is 2.84. The summed E-state index contributed by atoms with van der Waals surface area (Å²) in [7, 11) is 0. The molecule has 0 saturated carbocycles. The van der Waals surface area contributed by atoms with Gasteiger partial charge in [-0.25, -0.2) is 4.98 Å². The monoisotopic (exact) mass is 339 g/mol. The maximum absolute atomic E-state index is 12.9. The number of anilines is 1. The van der Waals surface area contributed by atoms with Gasteiger partial charge in [0.05, 0.1) is 11.7 Å². The van der Waals surface area contributed by atoms with Crippen molar-refractivity contribution in [3.05, 3.63) is 57.0 Å². The molecule has 4 rings (SSSR count). The Morgan fingerprint density at radius 1 is 1.25 bits per heavy atom. The first-order valence-electron chi connectivity index (χ1n) is 7.92. The van der Waals surface area contributed by atoms with Crippen molar-refractivity contribution in [1.29, 1.82) is 0 Å². The summed E-state index contributed by atoms with van der Waals surface area (Å²) in [5.41, 5.74) is 2.75. The van der Waals surface area contributed by atoms with Gasteiger partial charge in [0.2, 0.25) is 5.91 Å². The Bertz CT molecular complexity index is 1020. The van der Waals surface area contributed by atoms with Gasteiger partial charge in [-0.3, -0.25) is 14.2 Å². The molecule has 1 aromatic carbocycles. The van der Waals surface area contributed by atoms with E-state index < -0.39 is 6.04 Å². The average Bonchev–Trinajstić information content (AvgIpc) is 2.75. The van der Waals surface area contributed by atoms with E-state index in [-0.39, 0.29) is 11.5 Å². The Labute approximate surface area is 143 Å². The summed E-state index contributed by atoms with van der Waals surface area (Å²) in [4.78, 5) is 31.8. The lowest BCUT2D eigenvalue weighted by atomic mass is 10.1. The molecule has 6 heteroatoms. The van der Waals surface area contributed by atoms with Crippen LogP contribution in [0.5, 0.6) is 0 Å². The minimum Gasteiger partial charge on any atom is -0.324 e. The molecular weight excluding hydrogens is 322 g/mol. The summed E-state index contributed by atoms with van der Waals surface area (Å²) in [6, 6.07) is 7.22. The number of amides is 1. The topological polar surface area (TPSA) is 64.0 Å². The van der Waals surface area contributed by atoms with Gasteiger partial charge in [-0.15, -0.1) is 11.3 Å². The van der Waals surface area contributed by atoms with Crippen LogP contribution in [0.25, 0.3) is 10.2 Å². The molecule has 3 aromatic rings. The average molecular weight is 339 g/mol. The van der Waals surface area contributed by atoms with E-state index >= 15 is 0 Å². The molecule has 122 valence electrons. The van der Waals surface area contributed by atoms with Gasteiger partial charge in [-0.2, -0.15) is 0 Å². The molecule has 1 aliphatic heterocycles. The summed E-state index contributed by atoms with van der Waals surface area (Å²) >= 11 is 1.52. The molecule has 0 radical (unpaired) electrons. The van der Waals surface area contributed by atoms with Crippen LogP contribution in [-0.4, -0.2) is 15.5 Å². The summed E-state index contributed by atoms with van der Waals surface area (Å²) in [6.45, 7) is 3.92. The van der Waals surface area contributed by atoms with Gasteiger partial charge in [0, 0.05) is 10.6 Å². The maximum atomic E-state index is 12.9. The third-order valence-corrected chi connectivity index (χ3v) is 5.83. The number of fused-ring (bicyclic) bond motifs is 2. The number of carbonyl (C=O) groups is 1. The number of hydrogen-bond donors (Lipinski definition) is 1. The third-order valence-electron chi connectivity index (χ3n) is 4.72. The molecule has 2 aromatic heterocycles. The summed E-state index contributed by atoms with van der Waals surface area (Å²) in [5.74, 6) is -0.159. The van der Waals surface area contributed by atoms with Gasteiger partial charge in [0.25, 0.3) is 5.56 Å². The number of carbonyl (C=O) groups excluding carboxylic acids is 1. The number of hydrogen-bond acceptors (Lipinski definition) is 4. The number of aryl methyl sites for hydroxylation is 3. The Kier molecular flexibility index (Phi) is 3.49. The quantitative estimate of drug-likeness (QED) is 0.740. The Morgan fingerprint density at radius 2 is 2.04 bits per heavy atom. The van der Waals surface area contributed by atoms with Crippen LogP contribution in [-0.2, 0) is 11.2 Å². The highest BCUT2D eigenvalue weighted by atomic mass is 32.1. The zero-order chi connectivity index (χ0) is 16.8. The number of thiophene rings is 1. The first-order chi connectivity index (χ1) is 11.6. The van der Waals surface area contributed by atoms with Crippen LogP contribution in [0.1, 0.15) is 28.5 Å². The maximum Gasteiger partial charge on any atom is 0.263 e. The number of rotatable bonds is 1. The molecule has 1 aliphatic rings. The van der Waals surface area contributed by atoms with E-state index in [1.807, 2.05) is 38.1 Å². The van der Waals surface area contributed by atoms with Crippen LogP contribution in [0.3, 0.4) is 0 Å². The second-order valence-corrected chi connectivity index (χ2v) is 7.32. The minimum absolute atomic E-state index is 0.132. The largest absolute Gasteiger partial charge is 0.324 e. The van der Waals surface area contributed by atoms with Gasteiger partial charge in [-0.05, 0) is 43.9 Å². The lowest BCUT2D eigenvalue weighted by molar-refractivity contribution is -0.119. The van der Waals surface area contributed by atoms with Crippen LogP contribution in [0.2, 0.25) is 0 Å². The van der Waals surface area contributed by atoms with Gasteiger partial charge in [-0.1, -0.05) is 18.2 Å². The SMILES string of the molecule is Cc1sc2ncn([C@@H]3CCc4ccccc4NC3=O)c(=O)c2c1C. The van der Waals surface area contributed by atoms with Crippen LogP contribution in [0.4, 0.5) is 5.69 Å². The molecule has 0 spiro atoms. The second kappa shape index (κ2) is 5.56. The molecule has 0 fully saturated rings. The summed E-state index contributed by atoms with van der Waals surface area (Å²) < 4.78 is 1.49. The van der Waals surface area contributed by atoms with Gasteiger partial charge in [0.1, 0.15) is 10.9 Å². The minimum atomic E-state index is -0.540. The van der Waals surface area contributed by atoms with Gasteiger partial charge >= 0.3 is 0 Å².